The number of rotatable bonds is 4. The summed E-state index contributed by atoms with van der Waals surface area (Å²) < 4.78 is 5.32. The molecule has 2 atom stereocenters. The third kappa shape index (κ3) is 4.34. The van der Waals surface area contributed by atoms with Crippen LogP contribution in [0, 0.1) is 17.2 Å². The highest BCUT2D eigenvalue weighted by Gasteiger charge is 2.02. The lowest BCUT2D eigenvalue weighted by Gasteiger charge is -2.10. The normalized spacial score (nSPS) is 15.8. The second-order valence-corrected chi connectivity index (χ2v) is 2.58. The molecule has 0 spiro atoms. The summed E-state index contributed by atoms with van der Waals surface area (Å²) in [5.41, 5.74) is 0. The van der Waals surface area contributed by atoms with Crippen LogP contribution in [-0.4, -0.2) is 12.7 Å². The predicted octanol–water partition coefficient (Wildman–Crippen LogP) is 1.96. The molecule has 0 N–H and O–H groups in total. The van der Waals surface area contributed by atoms with E-state index in [4.69, 9.17) is 10.00 Å². The molecule has 0 saturated carbocycles. The van der Waals surface area contributed by atoms with Crippen LogP contribution in [0.15, 0.2) is 0 Å². The van der Waals surface area contributed by atoms with Crippen molar-refractivity contribution in [1.82, 2.24) is 0 Å². The van der Waals surface area contributed by atoms with E-state index >= 15 is 0 Å². The quantitative estimate of drug-likeness (QED) is 0.599. The van der Waals surface area contributed by atoms with Gasteiger partial charge in [-0.05, 0) is 20.3 Å². The molecule has 2 unspecified atom stereocenters. The first-order valence-corrected chi connectivity index (χ1v) is 3.71. The third-order valence-electron chi connectivity index (χ3n) is 1.43. The molecule has 10 heavy (non-hydrogen) atoms. The maximum Gasteiger partial charge on any atom is 0.0677 e. The van der Waals surface area contributed by atoms with Crippen LogP contribution in [0.4, 0.5) is 0 Å². The van der Waals surface area contributed by atoms with E-state index in [9.17, 15) is 0 Å². The van der Waals surface area contributed by atoms with Crippen molar-refractivity contribution >= 4 is 0 Å². The maximum absolute atomic E-state index is 8.39. The second kappa shape index (κ2) is 5.25. The van der Waals surface area contributed by atoms with Gasteiger partial charge >= 0.3 is 0 Å². The van der Waals surface area contributed by atoms with Crippen molar-refractivity contribution in [2.45, 2.75) is 33.3 Å². The Balaban J connectivity index is 3.28. The molecule has 0 aliphatic carbocycles. The van der Waals surface area contributed by atoms with Gasteiger partial charge in [0.2, 0.25) is 0 Å². The molecule has 0 saturated heterocycles. The van der Waals surface area contributed by atoms with E-state index in [0.29, 0.717) is 6.61 Å². The van der Waals surface area contributed by atoms with Crippen molar-refractivity contribution < 1.29 is 4.74 Å². The van der Waals surface area contributed by atoms with Gasteiger partial charge in [0.25, 0.3) is 0 Å². The highest BCUT2D eigenvalue weighted by Crippen LogP contribution is 1.99. The molecule has 0 heterocycles. The first kappa shape index (κ1) is 9.45. The van der Waals surface area contributed by atoms with Gasteiger partial charge in [-0.2, -0.15) is 5.26 Å². The van der Waals surface area contributed by atoms with Gasteiger partial charge in [0, 0.05) is 0 Å². The van der Waals surface area contributed by atoms with E-state index in [-0.39, 0.29) is 12.0 Å². The summed E-state index contributed by atoms with van der Waals surface area (Å²) in [6.07, 6.45) is 1.30. The van der Waals surface area contributed by atoms with Crippen LogP contribution in [0.3, 0.4) is 0 Å². The maximum atomic E-state index is 8.39. The molecular weight excluding hydrogens is 126 g/mol. The van der Waals surface area contributed by atoms with Crippen molar-refractivity contribution in [2.75, 3.05) is 6.61 Å². The topological polar surface area (TPSA) is 33.0 Å². The van der Waals surface area contributed by atoms with E-state index in [1.807, 2.05) is 13.8 Å². The van der Waals surface area contributed by atoms with Gasteiger partial charge in [-0.3, -0.25) is 0 Å². The molecule has 0 aromatic rings. The van der Waals surface area contributed by atoms with Crippen molar-refractivity contribution in [3.8, 4) is 6.07 Å². The number of hydrogen-bond acceptors (Lipinski definition) is 2. The lowest BCUT2D eigenvalue weighted by molar-refractivity contribution is 0.0518. The molecule has 0 radical (unpaired) electrons. The fourth-order valence-electron chi connectivity index (χ4n) is 0.464. The minimum atomic E-state index is 0.0222. The zero-order valence-electron chi connectivity index (χ0n) is 6.92. The molecule has 0 aromatic heterocycles. The highest BCUT2D eigenvalue weighted by molar-refractivity contribution is 4.77. The zero-order valence-corrected chi connectivity index (χ0v) is 6.92. The average molecular weight is 141 g/mol. The predicted molar refractivity (Wildman–Crippen MR) is 40.5 cm³/mol. The fourth-order valence-corrected chi connectivity index (χ4v) is 0.464. The molecule has 0 rings (SSSR count). The Kier molecular flexibility index (Phi) is 4.96. The largest absolute Gasteiger partial charge is 0.377 e. The average Bonchev–Trinajstić information content (AvgIpc) is 1.99. The monoisotopic (exact) mass is 141 g/mol. The lowest BCUT2D eigenvalue weighted by atomic mass is 10.2. The second-order valence-electron chi connectivity index (χ2n) is 2.58. The SMILES string of the molecule is CCC(C)OCC(C)C#N. The van der Waals surface area contributed by atoms with Crippen LogP contribution in [0.2, 0.25) is 0 Å². The summed E-state index contributed by atoms with van der Waals surface area (Å²) in [5.74, 6) is 0.0222. The number of hydrogen-bond donors (Lipinski definition) is 0. The summed E-state index contributed by atoms with van der Waals surface area (Å²) in [6.45, 7) is 6.51. The molecule has 0 aliphatic heterocycles. The van der Waals surface area contributed by atoms with Crippen molar-refractivity contribution in [3.05, 3.63) is 0 Å². The van der Waals surface area contributed by atoms with Gasteiger partial charge < -0.3 is 4.74 Å². The Hall–Kier alpha value is -0.550. The zero-order chi connectivity index (χ0) is 7.98. The molecule has 0 aromatic carbocycles. The van der Waals surface area contributed by atoms with E-state index < -0.39 is 0 Å². The third-order valence-corrected chi connectivity index (χ3v) is 1.43. The number of nitrogens with zero attached hydrogens (tertiary/aromatic N) is 1. The summed E-state index contributed by atoms with van der Waals surface area (Å²) in [4.78, 5) is 0. The minimum Gasteiger partial charge on any atom is -0.377 e. The summed E-state index contributed by atoms with van der Waals surface area (Å²) in [5, 5.41) is 8.39. The minimum absolute atomic E-state index is 0.0222. The van der Waals surface area contributed by atoms with Gasteiger partial charge in [0.1, 0.15) is 0 Å². The molecule has 0 fully saturated rings. The Morgan fingerprint density at radius 3 is 2.50 bits per heavy atom. The van der Waals surface area contributed by atoms with Crippen molar-refractivity contribution in [3.63, 3.8) is 0 Å². The van der Waals surface area contributed by atoms with Crippen LogP contribution in [0.5, 0.6) is 0 Å². The van der Waals surface area contributed by atoms with E-state index in [1.165, 1.54) is 0 Å². The van der Waals surface area contributed by atoms with Gasteiger partial charge in [-0.1, -0.05) is 6.92 Å². The molecule has 2 nitrogen and oxygen atoms in total. The summed E-state index contributed by atoms with van der Waals surface area (Å²) >= 11 is 0. The molecule has 0 aliphatic rings. The molecule has 58 valence electrons. The van der Waals surface area contributed by atoms with Gasteiger partial charge in [-0.15, -0.1) is 0 Å². The van der Waals surface area contributed by atoms with Crippen LogP contribution in [-0.2, 0) is 4.74 Å². The molecular formula is C8H15NO. The van der Waals surface area contributed by atoms with Gasteiger partial charge in [0.15, 0.2) is 0 Å². The highest BCUT2D eigenvalue weighted by atomic mass is 16.5. The number of nitriles is 1. The standard InChI is InChI=1S/C8H15NO/c1-4-8(3)10-6-7(2)5-9/h7-8H,4,6H2,1-3H3. The van der Waals surface area contributed by atoms with Crippen LogP contribution < -0.4 is 0 Å². The molecule has 2 heteroatoms. The van der Waals surface area contributed by atoms with Crippen LogP contribution in [0.25, 0.3) is 0 Å². The smallest absolute Gasteiger partial charge is 0.0677 e. The van der Waals surface area contributed by atoms with E-state index in [1.54, 1.807) is 0 Å². The lowest BCUT2D eigenvalue weighted by Crippen LogP contribution is -2.11. The Labute approximate surface area is 62.8 Å². The van der Waals surface area contributed by atoms with Gasteiger partial charge in [-0.25, -0.2) is 0 Å². The summed E-state index contributed by atoms with van der Waals surface area (Å²) in [6, 6.07) is 2.12. The Bertz CT molecular complexity index is 117. The Morgan fingerprint density at radius 2 is 2.10 bits per heavy atom. The molecule has 0 amide bonds. The first-order valence-electron chi connectivity index (χ1n) is 3.71. The van der Waals surface area contributed by atoms with Crippen molar-refractivity contribution in [1.29, 1.82) is 5.26 Å². The van der Waals surface area contributed by atoms with Gasteiger partial charge in [0.05, 0.1) is 24.7 Å². The van der Waals surface area contributed by atoms with Crippen molar-refractivity contribution in [2.24, 2.45) is 5.92 Å². The molecule has 0 bridgehead atoms. The van der Waals surface area contributed by atoms with E-state index in [2.05, 4.69) is 13.0 Å². The van der Waals surface area contributed by atoms with Crippen LogP contribution >= 0.6 is 0 Å². The van der Waals surface area contributed by atoms with E-state index in [0.717, 1.165) is 6.42 Å². The number of ether oxygens (including phenoxy) is 1. The summed E-state index contributed by atoms with van der Waals surface area (Å²) in [7, 11) is 0. The first-order chi connectivity index (χ1) is 4.70. The Morgan fingerprint density at radius 1 is 1.50 bits per heavy atom. The fraction of sp³-hybridized carbons (Fsp3) is 0.875. The van der Waals surface area contributed by atoms with Crippen LogP contribution in [0.1, 0.15) is 27.2 Å².